The van der Waals surface area contributed by atoms with Gasteiger partial charge in [-0.05, 0) is 44.4 Å². The van der Waals surface area contributed by atoms with E-state index in [0.717, 1.165) is 30.0 Å². The van der Waals surface area contributed by atoms with Gasteiger partial charge in [0.25, 0.3) is 5.91 Å². The second-order valence-corrected chi connectivity index (χ2v) is 9.62. The van der Waals surface area contributed by atoms with Crippen molar-refractivity contribution < 1.29 is 17.6 Å². The molecule has 0 aliphatic heterocycles. The Kier molecular flexibility index (Phi) is 4.96. The molecule has 2 atom stereocenters. The molecule has 2 aliphatic rings. The van der Waals surface area contributed by atoms with Gasteiger partial charge < -0.3 is 15.5 Å². The van der Waals surface area contributed by atoms with E-state index in [1.807, 2.05) is 0 Å². The summed E-state index contributed by atoms with van der Waals surface area (Å²) in [7, 11) is -0.728. The molecule has 2 unspecified atom stereocenters. The molecule has 2 bridgehead atoms. The predicted molar refractivity (Wildman–Crippen MR) is 93.6 cm³/mol. The van der Waals surface area contributed by atoms with Crippen molar-refractivity contribution in [1.82, 2.24) is 9.62 Å². The fraction of sp³-hybridized carbons (Fsp3) is 0.706. The first-order chi connectivity index (χ1) is 11.7. The van der Waals surface area contributed by atoms with Crippen molar-refractivity contribution >= 4 is 15.9 Å². The lowest BCUT2D eigenvalue weighted by Crippen LogP contribution is -2.53. The highest BCUT2D eigenvalue weighted by Crippen LogP contribution is 2.39. The average Bonchev–Trinajstić information content (AvgIpc) is 2.90. The highest BCUT2D eigenvalue weighted by Gasteiger charge is 2.40. The van der Waals surface area contributed by atoms with Crippen LogP contribution in [0.3, 0.4) is 0 Å². The molecule has 2 aliphatic carbocycles. The number of rotatable bonds is 4. The summed E-state index contributed by atoms with van der Waals surface area (Å²) in [5, 5.41) is 3.08. The first-order valence-corrected chi connectivity index (χ1v) is 10.2. The van der Waals surface area contributed by atoms with Crippen LogP contribution in [-0.4, -0.2) is 44.8 Å². The van der Waals surface area contributed by atoms with Crippen LogP contribution in [0.1, 0.15) is 48.4 Å². The topological polar surface area (TPSA) is 106 Å². The molecule has 0 saturated heterocycles. The molecule has 0 spiro atoms. The smallest absolute Gasteiger partial charge is 0.287 e. The van der Waals surface area contributed by atoms with E-state index in [2.05, 4.69) is 5.32 Å². The molecule has 25 heavy (non-hydrogen) atoms. The van der Waals surface area contributed by atoms with Crippen LogP contribution in [0.2, 0.25) is 0 Å². The SMILES string of the molecule is Cc1oc(C(=O)NC2C3CCCC2CC(N)C3)cc1S(=O)(=O)N(C)C. The number of sulfonamides is 1. The number of nitrogens with zero attached hydrogens (tertiary/aromatic N) is 1. The molecule has 3 N–H and O–H groups in total. The lowest BCUT2D eigenvalue weighted by atomic mass is 9.67. The van der Waals surface area contributed by atoms with E-state index in [-0.39, 0.29) is 34.4 Å². The van der Waals surface area contributed by atoms with Gasteiger partial charge in [0.1, 0.15) is 10.7 Å². The summed E-state index contributed by atoms with van der Waals surface area (Å²) >= 11 is 0. The fourth-order valence-electron chi connectivity index (χ4n) is 4.28. The van der Waals surface area contributed by atoms with Crippen molar-refractivity contribution in [1.29, 1.82) is 0 Å². The second kappa shape index (κ2) is 6.74. The molecule has 1 heterocycles. The first-order valence-electron chi connectivity index (χ1n) is 8.79. The monoisotopic (exact) mass is 369 g/mol. The summed E-state index contributed by atoms with van der Waals surface area (Å²) in [5.41, 5.74) is 6.13. The van der Waals surface area contributed by atoms with E-state index < -0.39 is 10.0 Å². The molecule has 8 heteroatoms. The quantitative estimate of drug-likeness (QED) is 0.836. The molecule has 1 aromatic heterocycles. The molecule has 2 saturated carbocycles. The van der Waals surface area contributed by atoms with Gasteiger partial charge in [0.05, 0.1) is 0 Å². The molecule has 0 aromatic carbocycles. The number of aryl methyl sites for hydroxylation is 1. The minimum atomic E-state index is -3.63. The lowest BCUT2D eigenvalue weighted by molar-refractivity contribution is 0.0731. The summed E-state index contributed by atoms with van der Waals surface area (Å²) in [5.74, 6) is 0.719. The minimum Gasteiger partial charge on any atom is -0.455 e. The molecular weight excluding hydrogens is 342 g/mol. The zero-order valence-corrected chi connectivity index (χ0v) is 15.8. The summed E-state index contributed by atoms with van der Waals surface area (Å²) in [6.45, 7) is 1.56. The van der Waals surface area contributed by atoms with Crippen LogP contribution in [0, 0.1) is 18.8 Å². The lowest BCUT2D eigenvalue weighted by Gasteiger charge is -2.45. The van der Waals surface area contributed by atoms with Gasteiger partial charge in [-0.25, -0.2) is 12.7 Å². The maximum atomic E-state index is 12.6. The minimum absolute atomic E-state index is 0.0357. The van der Waals surface area contributed by atoms with Gasteiger partial charge in [-0.1, -0.05) is 6.42 Å². The van der Waals surface area contributed by atoms with Gasteiger partial charge in [-0.3, -0.25) is 4.79 Å². The third-order valence-electron chi connectivity index (χ3n) is 5.53. The Morgan fingerprint density at radius 2 is 1.88 bits per heavy atom. The highest BCUT2D eigenvalue weighted by molar-refractivity contribution is 7.89. The van der Waals surface area contributed by atoms with Crippen LogP contribution in [0.4, 0.5) is 0 Å². The van der Waals surface area contributed by atoms with Gasteiger partial charge in [0.15, 0.2) is 5.76 Å². The van der Waals surface area contributed by atoms with Crippen molar-refractivity contribution in [2.45, 2.75) is 56.0 Å². The number of carbonyl (C=O) groups excluding carboxylic acids is 1. The number of nitrogens with two attached hydrogens (primary N) is 1. The van der Waals surface area contributed by atoms with Crippen molar-refractivity contribution in [3.8, 4) is 0 Å². The molecular formula is C17H27N3O4S. The standard InChI is InChI=1S/C17H27N3O4S/c1-10-15(25(22,23)20(2)3)9-14(24-10)17(21)19-16-11-5-4-6-12(16)8-13(18)7-11/h9,11-13,16H,4-8,18H2,1-3H3,(H,19,21). The number of amides is 1. The van der Waals surface area contributed by atoms with Crippen LogP contribution < -0.4 is 11.1 Å². The van der Waals surface area contributed by atoms with Gasteiger partial charge in [0, 0.05) is 32.2 Å². The number of hydrogen-bond donors (Lipinski definition) is 2. The van der Waals surface area contributed by atoms with Crippen LogP contribution >= 0.6 is 0 Å². The molecule has 1 aromatic rings. The first kappa shape index (κ1) is 18.4. The Labute approximate surface area is 149 Å². The normalized spacial score (nSPS) is 29.6. The van der Waals surface area contributed by atoms with Crippen LogP contribution in [0.15, 0.2) is 15.4 Å². The number of carbonyl (C=O) groups is 1. The summed E-state index contributed by atoms with van der Waals surface area (Å²) < 4.78 is 31.2. The summed E-state index contributed by atoms with van der Waals surface area (Å²) in [6, 6.07) is 1.64. The third-order valence-corrected chi connectivity index (χ3v) is 7.45. The Morgan fingerprint density at radius 1 is 1.28 bits per heavy atom. The van der Waals surface area contributed by atoms with Crippen molar-refractivity contribution in [2.75, 3.05) is 14.1 Å². The Morgan fingerprint density at radius 3 is 2.44 bits per heavy atom. The molecule has 2 fully saturated rings. The van der Waals surface area contributed by atoms with Crippen molar-refractivity contribution in [3.63, 3.8) is 0 Å². The highest BCUT2D eigenvalue weighted by atomic mass is 32.2. The van der Waals surface area contributed by atoms with E-state index in [9.17, 15) is 13.2 Å². The molecule has 1 amide bonds. The van der Waals surface area contributed by atoms with Crippen LogP contribution in [-0.2, 0) is 10.0 Å². The Hall–Kier alpha value is -1.38. The van der Waals surface area contributed by atoms with Crippen LogP contribution in [0.25, 0.3) is 0 Å². The molecule has 0 radical (unpaired) electrons. The van der Waals surface area contributed by atoms with Gasteiger partial charge >= 0.3 is 0 Å². The van der Waals surface area contributed by atoms with E-state index in [1.54, 1.807) is 6.92 Å². The van der Waals surface area contributed by atoms with E-state index >= 15 is 0 Å². The fourth-order valence-corrected chi connectivity index (χ4v) is 5.33. The van der Waals surface area contributed by atoms with E-state index in [0.29, 0.717) is 11.8 Å². The number of hydrogen-bond acceptors (Lipinski definition) is 5. The van der Waals surface area contributed by atoms with Gasteiger partial charge in [-0.15, -0.1) is 0 Å². The zero-order chi connectivity index (χ0) is 18.4. The third kappa shape index (κ3) is 3.47. The van der Waals surface area contributed by atoms with Crippen molar-refractivity contribution in [2.24, 2.45) is 17.6 Å². The molecule has 7 nitrogen and oxygen atoms in total. The summed E-state index contributed by atoms with van der Waals surface area (Å²) in [6.07, 6.45) is 5.19. The number of nitrogens with one attached hydrogen (secondary N) is 1. The van der Waals surface area contributed by atoms with E-state index in [1.165, 1.54) is 26.6 Å². The average molecular weight is 369 g/mol. The maximum absolute atomic E-state index is 12.6. The Bertz CT molecular complexity index is 742. The molecule has 140 valence electrons. The predicted octanol–water partition coefficient (Wildman–Crippen LogP) is 1.47. The Balaban J connectivity index is 1.78. The number of fused-ring (bicyclic) bond motifs is 2. The van der Waals surface area contributed by atoms with E-state index in [4.69, 9.17) is 10.2 Å². The van der Waals surface area contributed by atoms with Gasteiger partial charge in [-0.2, -0.15) is 0 Å². The zero-order valence-electron chi connectivity index (χ0n) is 15.0. The summed E-state index contributed by atoms with van der Waals surface area (Å²) in [4.78, 5) is 12.7. The second-order valence-electron chi connectivity index (χ2n) is 7.50. The largest absolute Gasteiger partial charge is 0.455 e. The molecule has 3 rings (SSSR count). The number of furan rings is 1. The van der Waals surface area contributed by atoms with Crippen molar-refractivity contribution in [3.05, 3.63) is 17.6 Å². The maximum Gasteiger partial charge on any atom is 0.287 e. The van der Waals surface area contributed by atoms with Crippen LogP contribution in [0.5, 0.6) is 0 Å². The van der Waals surface area contributed by atoms with Gasteiger partial charge in [0.2, 0.25) is 10.0 Å².